The maximum absolute atomic E-state index is 11.8. The Kier molecular flexibility index (Phi) is 5.65. The molecule has 1 N–H and O–H groups in total. The molecule has 0 aliphatic rings. The van der Waals surface area contributed by atoms with Gasteiger partial charge >= 0.3 is 0 Å². The van der Waals surface area contributed by atoms with Crippen LogP contribution in [0.15, 0.2) is 24.3 Å². The molecule has 0 saturated carbocycles. The van der Waals surface area contributed by atoms with Crippen LogP contribution >= 0.6 is 0 Å². The van der Waals surface area contributed by atoms with E-state index in [1.165, 1.54) is 0 Å². The van der Waals surface area contributed by atoms with Gasteiger partial charge in [-0.2, -0.15) is 0 Å². The standard InChI is InChI=1S/C14H21NO3/c1-10-6-5-7-13(8-10)18-12(3)14(16)15-11(2)9-17-4/h5-8,11-12H,9H2,1-4H3,(H,15,16)/t11-,12-/m1/s1. The Balaban J connectivity index is 2.49. The van der Waals surface area contributed by atoms with E-state index < -0.39 is 6.10 Å². The average Bonchev–Trinajstić information content (AvgIpc) is 2.29. The highest BCUT2D eigenvalue weighted by molar-refractivity contribution is 5.80. The van der Waals surface area contributed by atoms with Crippen LogP contribution in [0.2, 0.25) is 0 Å². The topological polar surface area (TPSA) is 47.6 Å². The third-order valence-corrected chi connectivity index (χ3v) is 2.48. The first-order valence-electron chi connectivity index (χ1n) is 6.05. The molecule has 0 aliphatic heterocycles. The van der Waals surface area contributed by atoms with Crippen molar-refractivity contribution in [2.24, 2.45) is 0 Å². The van der Waals surface area contributed by atoms with Gasteiger partial charge in [-0.05, 0) is 38.5 Å². The molecule has 0 bridgehead atoms. The fraction of sp³-hybridized carbons (Fsp3) is 0.500. The average molecular weight is 251 g/mol. The lowest BCUT2D eigenvalue weighted by molar-refractivity contribution is -0.128. The molecule has 0 aromatic heterocycles. The Morgan fingerprint density at radius 2 is 2.11 bits per heavy atom. The van der Waals surface area contributed by atoms with Gasteiger partial charge in [-0.1, -0.05) is 12.1 Å². The van der Waals surface area contributed by atoms with Gasteiger partial charge in [-0.15, -0.1) is 0 Å². The zero-order valence-electron chi connectivity index (χ0n) is 11.4. The van der Waals surface area contributed by atoms with Gasteiger partial charge < -0.3 is 14.8 Å². The zero-order valence-corrected chi connectivity index (χ0v) is 11.4. The Morgan fingerprint density at radius 3 is 2.72 bits per heavy atom. The lowest BCUT2D eigenvalue weighted by Crippen LogP contribution is -2.43. The molecule has 1 amide bonds. The predicted octanol–water partition coefficient (Wildman–Crippen LogP) is 1.91. The van der Waals surface area contributed by atoms with Crippen LogP contribution in [-0.4, -0.2) is 31.8 Å². The summed E-state index contributed by atoms with van der Waals surface area (Å²) < 4.78 is 10.5. The highest BCUT2D eigenvalue weighted by Crippen LogP contribution is 2.14. The van der Waals surface area contributed by atoms with Crippen LogP contribution in [0.5, 0.6) is 5.75 Å². The highest BCUT2D eigenvalue weighted by Gasteiger charge is 2.16. The molecule has 4 nitrogen and oxygen atoms in total. The summed E-state index contributed by atoms with van der Waals surface area (Å²) in [7, 11) is 1.61. The van der Waals surface area contributed by atoms with Gasteiger partial charge in [0.05, 0.1) is 6.61 Å². The molecule has 0 saturated heterocycles. The third-order valence-electron chi connectivity index (χ3n) is 2.48. The van der Waals surface area contributed by atoms with E-state index in [4.69, 9.17) is 9.47 Å². The summed E-state index contributed by atoms with van der Waals surface area (Å²) in [6, 6.07) is 7.62. The Bertz CT molecular complexity index is 392. The molecule has 0 heterocycles. The van der Waals surface area contributed by atoms with Crippen LogP contribution in [-0.2, 0) is 9.53 Å². The number of hydrogen-bond acceptors (Lipinski definition) is 3. The second kappa shape index (κ2) is 7.01. The SMILES string of the molecule is COC[C@@H](C)NC(=O)[C@@H](C)Oc1cccc(C)c1. The third kappa shape index (κ3) is 4.75. The molecule has 100 valence electrons. The number of ether oxygens (including phenoxy) is 2. The van der Waals surface area contributed by atoms with E-state index in [0.29, 0.717) is 12.4 Å². The fourth-order valence-corrected chi connectivity index (χ4v) is 1.60. The fourth-order valence-electron chi connectivity index (χ4n) is 1.60. The molecule has 1 rings (SSSR count). The number of nitrogens with one attached hydrogen (secondary N) is 1. The smallest absolute Gasteiger partial charge is 0.261 e. The zero-order chi connectivity index (χ0) is 13.5. The maximum Gasteiger partial charge on any atom is 0.261 e. The van der Waals surface area contributed by atoms with Gasteiger partial charge in [-0.3, -0.25) is 4.79 Å². The normalized spacial score (nSPS) is 13.8. The van der Waals surface area contributed by atoms with E-state index in [1.54, 1.807) is 14.0 Å². The summed E-state index contributed by atoms with van der Waals surface area (Å²) in [5.74, 6) is 0.568. The number of benzene rings is 1. The first-order valence-corrected chi connectivity index (χ1v) is 6.05. The Hall–Kier alpha value is -1.55. The van der Waals surface area contributed by atoms with Gasteiger partial charge in [0.1, 0.15) is 5.75 Å². The number of carbonyl (C=O) groups excluding carboxylic acids is 1. The van der Waals surface area contributed by atoms with Gasteiger partial charge in [0.15, 0.2) is 6.10 Å². The van der Waals surface area contributed by atoms with Crippen molar-refractivity contribution in [3.8, 4) is 5.75 Å². The minimum Gasteiger partial charge on any atom is -0.481 e. The molecule has 0 spiro atoms. The van der Waals surface area contributed by atoms with Crippen molar-refractivity contribution in [1.82, 2.24) is 5.32 Å². The molecule has 0 aliphatic carbocycles. The van der Waals surface area contributed by atoms with Crippen LogP contribution in [0.25, 0.3) is 0 Å². The summed E-state index contributed by atoms with van der Waals surface area (Å²) >= 11 is 0. The molecule has 0 fully saturated rings. The maximum atomic E-state index is 11.8. The molecule has 18 heavy (non-hydrogen) atoms. The van der Waals surface area contributed by atoms with Gasteiger partial charge in [0, 0.05) is 13.2 Å². The monoisotopic (exact) mass is 251 g/mol. The minimum absolute atomic E-state index is 0.0222. The summed E-state index contributed by atoms with van der Waals surface area (Å²) in [6.45, 7) is 6.10. The van der Waals surface area contributed by atoms with Crippen LogP contribution in [0.3, 0.4) is 0 Å². The molecular formula is C14H21NO3. The summed E-state index contributed by atoms with van der Waals surface area (Å²) in [5.41, 5.74) is 1.10. The molecule has 1 aromatic rings. The quantitative estimate of drug-likeness (QED) is 0.840. The molecule has 1 aromatic carbocycles. The minimum atomic E-state index is -0.522. The van der Waals surface area contributed by atoms with Crippen LogP contribution in [0.4, 0.5) is 0 Å². The predicted molar refractivity (Wildman–Crippen MR) is 70.7 cm³/mol. The van der Waals surface area contributed by atoms with Crippen LogP contribution in [0, 0.1) is 6.92 Å². The van der Waals surface area contributed by atoms with Gasteiger partial charge in [0.25, 0.3) is 5.91 Å². The van der Waals surface area contributed by atoms with Crippen molar-refractivity contribution >= 4 is 5.91 Å². The largest absolute Gasteiger partial charge is 0.481 e. The molecule has 4 heteroatoms. The van der Waals surface area contributed by atoms with Crippen molar-refractivity contribution in [3.05, 3.63) is 29.8 Å². The lowest BCUT2D eigenvalue weighted by atomic mass is 10.2. The lowest BCUT2D eigenvalue weighted by Gasteiger charge is -2.18. The van der Waals surface area contributed by atoms with E-state index in [9.17, 15) is 4.79 Å². The number of methoxy groups -OCH3 is 1. The van der Waals surface area contributed by atoms with Crippen molar-refractivity contribution in [2.75, 3.05) is 13.7 Å². The van der Waals surface area contributed by atoms with E-state index in [2.05, 4.69) is 5.32 Å². The summed E-state index contributed by atoms with van der Waals surface area (Å²) in [4.78, 5) is 11.8. The van der Waals surface area contributed by atoms with E-state index in [1.807, 2.05) is 38.1 Å². The van der Waals surface area contributed by atoms with E-state index in [0.717, 1.165) is 5.56 Å². The molecule has 0 radical (unpaired) electrons. The number of aryl methyl sites for hydroxylation is 1. The van der Waals surface area contributed by atoms with Crippen LogP contribution in [0.1, 0.15) is 19.4 Å². The molecular weight excluding hydrogens is 230 g/mol. The van der Waals surface area contributed by atoms with Crippen molar-refractivity contribution < 1.29 is 14.3 Å². The Labute approximate surface area is 108 Å². The second-order valence-electron chi connectivity index (χ2n) is 4.44. The second-order valence-corrected chi connectivity index (χ2v) is 4.44. The molecule has 0 unspecified atom stereocenters. The highest BCUT2D eigenvalue weighted by atomic mass is 16.5. The number of hydrogen-bond donors (Lipinski definition) is 1. The van der Waals surface area contributed by atoms with E-state index >= 15 is 0 Å². The summed E-state index contributed by atoms with van der Waals surface area (Å²) in [5, 5.41) is 2.83. The first kappa shape index (κ1) is 14.5. The number of amides is 1. The van der Waals surface area contributed by atoms with Crippen molar-refractivity contribution in [2.45, 2.75) is 32.9 Å². The molecule has 2 atom stereocenters. The van der Waals surface area contributed by atoms with Crippen LogP contribution < -0.4 is 10.1 Å². The van der Waals surface area contributed by atoms with E-state index in [-0.39, 0.29) is 11.9 Å². The summed E-state index contributed by atoms with van der Waals surface area (Å²) in [6.07, 6.45) is -0.522. The van der Waals surface area contributed by atoms with Gasteiger partial charge in [-0.25, -0.2) is 0 Å². The van der Waals surface area contributed by atoms with Crippen molar-refractivity contribution in [1.29, 1.82) is 0 Å². The first-order chi connectivity index (χ1) is 8.52. The number of carbonyl (C=O) groups is 1. The number of rotatable bonds is 6. The van der Waals surface area contributed by atoms with Crippen molar-refractivity contribution in [3.63, 3.8) is 0 Å². The Morgan fingerprint density at radius 1 is 1.39 bits per heavy atom. The van der Waals surface area contributed by atoms with Gasteiger partial charge in [0.2, 0.25) is 0 Å².